The molecule has 23 heavy (non-hydrogen) atoms. The summed E-state index contributed by atoms with van der Waals surface area (Å²) in [5, 5.41) is 4.23. The van der Waals surface area contributed by atoms with Crippen molar-refractivity contribution in [3.63, 3.8) is 0 Å². The van der Waals surface area contributed by atoms with Crippen LogP contribution < -0.4 is 5.32 Å². The molecule has 0 saturated carbocycles. The summed E-state index contributed by atoms with van der Waals surface area (Å²) >= 11 is 1.23. The fourth-order valence-corrected chi connectivity index (χ4v) is 6.02. The van der Waals surface area contributed by atoms with Crippen molar-refractivity contribution in [2.75, 3.05) is 11.1 Å². The summed E-state index contributed by atoms with van der Waals surface area (Å²) in [5.41, 5.74) is 0.969. The van der Waals surface area contributed by atoms with E-state index >= 15 is 0 Å². The van der Waals surface area contributed by atoms with Crippen molar-refractivity contribution in [2.24, 2.45) is 0 Å². The largest absolute Gasteiger partial charge is 0.301 e. The number of nitrogens with one attached hydrogen (secondary N) is 1. The molecule has 4 nitrogen and oxygen atoms in total. The summed E-state index contributed by atoms with van der Waals surface area (Å²) in [7, 11) is 3.98. The smallest absolute Gasteiger partial charge is 0.226 e. The topological polar surface area (TPSA) is 54.9 Å². The summed E-state index contributed by atoms with van der Waals surface area (Å²) in [6, 6.07) is 9.80. The third kappa shape index (κ3) is 5.22. The molecule has 1 atom stereocenters. The SMILES string of the molecule is O=C(CCCCC1CCSS1)Nc1nc(-c2ccccc2)ns1. The van der Waals surface area contributed by atoms with Crippen LogP contribution in [0.4, 0.5) is 5.13 Å². The highest BCUT2D eigenvalue weighted by Crippen LogP contribution is 2.39. The second-order valence-electron chi connectivity index (χ2n) is 5.41. The molecule has 1 saturated heterocycles. The van der Waals surface area contributed by atoms with Gasteiger partial charge in [0.25, 0.3) is 0 Å². The van der Waals surface area contributed by atoms with Crippen molar-refractivity contribution in [2.45, 2.75) is 37.4 Å². The Bertz CT molecular complexity index is 627. The number of nitrogens with zero attached hydrogens (tertiary/aromatic N) is 2. The predicted octanol–water partition coefficient (Wildman–Crippen LogP) is 4.86. The lowest BCUT2D eigenvalue weighted by Crippen LogP contribution is -2.11. The second kappa shape index (κ2) is 8.70. The third-order valence-electron chi connectivity index (χ3n) is 3.61. The van der Waals surface area contributed by atoms with Crippen LogP contribution in [0.1, 0.15) is 32.1 Å². The Labute approximate surface area is 148 Å². The van der Waals surface area contributed by atoms with E-state index in [0.717, 1.165) is 23.7 Å². The molecule has 2 heterocycles. The zero-order chi connectivity index (χ0) is 15.9. The van der Waals surface area contributed by atoms with Crippen molar-refractivity contribution >= 4 is 44.2 Å². The van der Waals surface area contributed by atoms with Gasteiger partial charge >= 0.3 is 0 Å². The highest BCUT2D eigenvalue weighted by Gasteiger charge is 2.16. The standard InChI is InChI=1S/C16H19N3OS3/c20-14(9-5-4-8-13-10-11-21-23-13)17-16-18-15(19-22-16)12-6-2-1-3-7-12/h1-3,6-7,13H,4-5,8-11H2,(H,17,18,19,20). The number of rotatable bonds is 7. The maximum atomic E-state index is 12.0. The lowest BCUT2D eigenvalue weighted by molar-refractivity contribution is -0.116. The van der Waals surface area contributed by atoms with Gasteiger partial charge in [0.1, 0.15) is 0 Å². The van der Waals surface area contributed by atoms with Crippen molar-refractivity contribution in [1.82, 2.24) is 9.36 Å². The highest BCUT2D eigenvalue weighted by molar-refractivity contribution is 8.77. The van der Waals surface area contributed by atoms with Gasteiger partial charge < -0.3 is 5.32 Å². The molecule has 0 spiro atoms. The summed E-state index contributed by atoms with van der Waals surface area (Å²) in [5.74, 6) is 1.98. The number of unbranched alkanes of at least 4 members (excludes halogenated alkanes) is 1. The van der Waals surface area contributed by atoms with Crippen LogP contribution in [0.15, 0.2) is 30.3 Å². The molecular formula is C16H19N3OS3. The molecule has 1 amide bonds. The number of hydrogen-bond donors (Lipinski definition) is 1. The van der Waals surface area contributed by atoms with Crippen LogP contribution in [0.25, 0.3) is 11.4 Å². The van der Waals surface area contributed by atoms with Crippen molar-refractivity contribution in [3.05, 3.63) is 30.3 Å². The van der Waals surface area contributed by atoms with Crippen LogP contribution in [0.2, 0.25) is 0 Å². The fraction of sp³-hybridized carbons (Fsp3) is 0.438. The molecule has 1 fully saturated rings. The lowest BCUT2D eigenvalue weighted by Gasteiger charge is -2.06. The molecule has 2 aromatic rings. The minimum atomic E-state index is 0.0363. The van der Waals surface area contributed by atoms with E-state index in [-0.39, 0.29) is 5.91 Å². The van der Waals surface area contributed by atoms with Gasteiger partial charge in [0.05, 0.1) is 0 Å². The summed E-state index contributed by atoms with van der Waals surface area (Å²) in [6.45, 7) is 0. The fourth-order valence-electron chi connectivity index (χ4n) is 2.38. The van der Waals surface area contributed by atoms with Crippen LogP contribution in [-0.2, 0) is 4.79 Å². The molecule has 0 bridgehead atoms. The number of carbonyl (C=O) groups is 1. The number of aromatic nitrogens is 2. The van der Waals surface area contributed by atoms with Crippen LogP contribution in [-0.4, -0.2) is 26.3 Å². The van der Waals surface area contributed by atoms with E-state index in [2.05, 4.69) is 14.7 Å². The summed E-state index contributed by atoms with van der Waals surface area (Å²) in [4.78, 5) is 16.4. The Morgan fingerprint density at radius 2 is 2.13 bits per heavy atom. The van der Waals surface area contributed by atoms with Crippen molar-refractivity contribution < 1.29 is 4.79 Å². The molecule has 0 radical (unpaired) electrons. The van der Waals surface area contributed by atoms with Gasteiger partial charge in [0.15, 0.2) is 5.82 Å². The third-order valence-corrected chi connectivity index (χ3v) is 7.25. The number of amides is 1. The Hall–Kier alpha value is -1.05. The Morgan fingerprint density at radius 1 is 1.26 bits per heavy atom. The van der Waals surface area contributed by atoms with E-state index < -0.39 is 0 Å². The number of benzene rings is 1. The van der Waals surface area contributed by atoms with Gasteiger partial charge in [-0.25, -0.2) is 0 Å². The first-order chi connectivity index (χ1) is 11.3. The minimum absolute atomic E-state index is 0.0363. The normalized spacial score (nSPS) is 17.3. The van der Waals surface area contributed by atoms with Crippen LogP contribution >= 0.6 is 33.1 Å². The lowest BCUT2D eigenvalue weighted by atomic mass is 10.1. The van der Waals surface area contributed by atoms with Gasteiger partial charge in [-0.2, -0.15) is 9.36 Å². The van der Waals surface area contributed by atoms with E-state index in [1.807, 2.05) is 51.9 Å². The summed E-state index contributed by atoms with van der Waals surface area (Å²) < 4.78 is 4.30. The molecule has 1 aliphatic heterocycles. The van der Waals surface area contributed by atoms with Crippen LogP contribution in [0, 0.1) is 0 Å². The number of anilines is 1. The molecule has 1 aromatic heterocycles. The van der Waals surface area contributed by atoms with Gasteiger partial charge in [-0.1, -0.05) is 58.3 Å². The zero-order valence-corrected chi connectivity index (χ0v) is 15.2. The van der Waals surface area contributed by atoms with Gasteiger partial charge in [-0.3, -0.25) is 4.79 Å². The maximum Gasteiger partial charge on any atom is 0.226 e. The van der Waals surface area contributed by atoms with E-state index in [1.165, 1.54) is 30.1 Å². The number of carbonyl (C=O) groups excluding carboxylic acids is 1. The average molecular weight is 366 g/mol. The number of hydrogen-bond acceptors (Lipinski definition) is 6. The molecular weight excluding hydrogens is 346 g/mol. The second-order valence-corrected chi connectivity index (χ2v) is 8.95. The molecule has 7 heteroatoms. The van der Waals surface area contributed by atoms with E-state index in [9.17, 15) is 4.79 Å². The quantitative estimate of drug-likeness (QED) is 0.561. The van der Waals surface area contributed by atoms with Crippen molar-refractivity contribution in [3.8, 4) is 11.4 Å². The van der Waals surface area contributed by atoms with E-state index in [1.54, 1.807) is 0 Å². The van der Waals surface area contributed by atoms with Crippen LogP contribution in [0.5, 0.6) is 0 Å². The van der Waals surface area contributed by atoms with Gasteiger partial charge in [0, 0.05) is 34.5 Å². The Morgan fingerprint density at radius 3 is 2.91 bits per heavy atom. The molecule has 1 aromatic carbocycles. The van der Waals surface area contributed by atoms with Gasteiger partial charge in [-0.05, 0) is 19.3 Å². The molecule has 1 aliphatic rings. The van der Waals surface area contributed by atoms with Gasteiger partial charge in [-0.15, -0.1) is 0 Å². The Balaban J connectivity index is 1.40. The minimum Gasteiger partial charge on any atom is -0.301 e. The molecule has 0 aliphatic carbocycles. The summed E-state index contributed by atoms with van der Waals surface area (Å²) in [6.07, 6.45) is 5.16. The first-order valence-electron chi connectivity index (χ1n) is 7.78. The van der Waals surface area contributed by atoms with E-state index in [4.69, 9.17) is 0 Å². The highest BCUT2D eigenvalue weighted by atomic mass is 33.1. The van der Waals surface area contributed by atoms with Gasteiger partial charge in [0.2, 0.25) is 11.0 Å². The monoisotopic (exact) mass is 365 g/mol. The van der Waals surface area contributed by atoms with E-state index in [0.29, 0.717) is 17.4 Å². The first kappa shape index (κ1) is 16.8. The predicted molar refractivity (Wildman–Crippen MR) is 101 cm³/mol. The Kier molecular flexibility index (Phi) is 6.36. The average Bonchev–Trinajstić information content (AvgIpc) is 3.24. The van der Waals surface area contributed by atoms with Crippen molar-refractivity contribution in [1.29, 1.82) is 0 Å². The maximum absolute atomic E-state index is 12.0. The first-order valence-corrected chi connectivity index (χ1v) is 10.9. The molecule has 3 rings (SSSR count). The van der Waals surface area contributed by atoms with Crippen LogP contribution in [0.3, 0.4) is 0 Å². The molecule has 1 N–H and O–H groups in total. The molecule has 1 unspecified atom stereocenters. The zero-order valence-electron chi connectivity index (χ0n) is 12.7. The molecule has 122 valence electrons.